The summed E-state index contributed by atoms with van der Waals surface area (Å²) >= 11 is 0. The molecule has 1 atom stereocenters. The minimum absolute atomic E-state index is 0.0452. The van der Waals surface area contributed by atoms with Crippen molar-refractivity contribution in [3.8, 4) is 11.5 Å². The number of nitrogens with one attached hydrogen (secondary N) is 1. The third kappa shape index (κ3) is 6.02. The summed E-state index contributed by atoms with van der Waals surface area (Å²) in [6.45, 7) is 0.0452. The van der Waals surface area contributed by atoms with E-state index in [4.69, 9.17) is 18.2 Å². The number of hydrogen-bond donors (Lipinski definition) is 1. The highest BCUT2D eigenvalue weighted by Crippen LogP contribution is 2.59. The van der Waals surface area contributed by atoms with Crippen LogP contribution in [0.1, 0.15) is 16.9 Å². The SMILES string of the molecule is O=C(NC(c1ccc2occc2c1)P(=O)(Oc1ccccc1)Oc1ccccc1)OCc1ccccc1. The van der Waals surface area contributed by atoms with Crippen molar-refractivity contribution in [2.24, 2.45) is 0 Å². The Labute approximate surface area is 214 Å². The summed E-state index contributed by atoms with van der Waals surface area (Å²) in [7, 11) is -4.15. The van der Waals surface area contributed by atoms with Crippen LogP contribution in [0.3, 0.4) is 0 Å². The summed E-state index contributed by atoms with van der Waals surface area (Å²) in [6.07, 6.45) is 0.792. The molecule has 8 heteroatoms. The van der Waals surface area contributed by atoms with Crippen molar-refractivity contribution < 1.29 is 27.6 Å². The number of furan rings is 1. The molecule has 186 valence electrons. The van der Waals surface area contributed by atoms with E-state index in [0.29, 0.717) is 22.6 Å². The van der Waals surface area contributed by atoms with Crippen LogP contribution in [-0.2, 0) is 15.9 Å². The fourth-order valence-electron chi connectivity index (χ4n) is 3.76. The average Bonchev–Trinajstić information content (AvgIpc) is 3.40. The van der Waals surface area contributed by atoms with E-state index in [2.05, 4.69) is 5.32 Å². The van der Waals surface area contributed by atoms with Gasteiger partial charge in [0.05, 0.1) is 6.26 Å². The predicted molar refractivity (Wildman–Crippen MR) is 140 cm³/mol. The van der Waals surface area contributed by atoms with E-state index in [-0.39, 0.29) is 6.61 Å². The summed E-state index contributed by atoms with van der Waals surface area (Å²) in [4.78, 5) is 13.0. The zero-order chi connectivity index (χ0) is 25.5. The minimum atomic E-state index is -4.15. The molecule has 1 unspecified atom stereocenters. The molecule has 7 nitrogen and oxygen atoms in total. The number of carbonyl (C=O) groups excluding carboxylic acids is 1. The lowest BCUT2D eigenvalue weighted by Crippen LogP contribution is -2.31. The minimum Gasteiger partial charge on any atom is -0.464 e. The number of fused-ring (bicyclic) bond motifs is 1. The van der Waals surface area contributed by atoms with Gasteiger partial charge in [0, 0.05) is 5.39 Å². The third-order valence-electron chi connectivity index (χ3n) is 5.53. The number of para-hydroxylation sites is 2. The van der Waals surface area contributed by atoms with Crippen LogP contribution in [0, 0.1) is 0 Å². The topological polar surface area (TPSA) is 87.0 Å². The van der Waals surface area contributed by atoms with Crippen LogP contribution in [0.5, 0.6) is 11.5 Å². The van der Waals surface area contributed by atoms with Gasteiger partial charge in [0.2, 0.25) is 0 Å². The quantitative estimate of drug-likeness (QED) is 0.203. The number of hydrogen-bond acceptors (Lipinski definition) is 6. The van der Waals surface area contributed by atoms with Crippen LogP contribution in [-0.4, -0.2) is 6.09 Å². The first-order chi connectivity index (χ1) is 18.1. The van der Waals surface area contributed by atoms with Gasteiger partial charge in [-0.1, -0.05) is 72.8 Å². The zero-order valence-corrected chi connectivity index (χ0v) is 20.6. The second-order valence-corrected chi connectivity index (χ2v) is 10.1. The van der Waals surface area contributed by atoms with Crippen molar-refractivity contribution in [1.29, 1.82) is 0 Å². The maximum Gasteiger partial charge on any atom is 0.457 e. The first kappa shape index (κ1) is 24.2. The highest BCUT2D eigenvalue weighted by Gasteiger charge is 2.42. The molecule has 1 N–H and O–H groups in total. The highest BCUT2D eigenvalue weighted by atomic mass is 31.2. The van der Waals surface area contributed by atoms with E-state index in [9.17, 15) is 9.36 Å². The predicted octanol–water partition coefficient (Wildman–Crippen LogP) is 7.71. The van der Waals surface area contributed by atoms with Crippen LogP contribution in [0.25, 0.3) is 11.0 Å². The summed E-state index contributed by atoms with van der Waals surface area (Å²) in [6, 6.07) is 33.7. The monoisotopic (exact) mass is 513 g/mol. The molecule has 0 radical (unpaired) electrons. The number of carbonyl (C=O) groups is 1. The van der Waals surface area contributed by atoms with E-state index >= 15 is 0 Å². The molecule has 0 fully saturated rings. The van der Waals surface area contributed by atoms with Crippen LogP contribution in [0.2, 0.25) is 0 Å². The van der Waals surface area contributed by atoms with Crippen molar-refractivity contribution in [2.45, 2.75) is 12.4 Å². The molecule has 5 aromatic rings. The largest absolute Gasteiger partial charge is 0.464 e. The standard InChI is InChI=1S/C29H24NO6P/c31-29(34-21-22-10-4-1-5-11-22)30-28(24-16-17-27-23(20-24)18-19-33-27)37(32,35-25-12-6-2-7-13-25)36-26-14-8-3-9-15-26/h1-20,28H,21H2,(H,30,31). The summed E-state index contributed by atoms with van der Waals surface area (Å²) < 4.78 is 37.5. The highest BCUT2D eigenvalue weighted by molar-refractivity contribution is 7.55. The van der Waals surface area contributed by atoms with Gasteiger partial charge >= 0.3 is 13.7 Å². The number of benzene rings is 4. The zero-order valence-electron chi connectivity index (χ0n) is 19.7. The van der Waals surface area contributed by atoms with E-state index in [1.54, 1.807) is 79.1 Å². The Morgan fingerprint density at radius 1 is 0.784 bits per heavy atom. The van der Waals surface area contributed by atoms with Crippen molar-refractivity contribution >= 4 is 24.7 Å². The lowest BCUT2D eigenvalue weighted by molar-refractivity contribution is 0.137. The molecule has 1 amide bonds. The number of amides is 1. The maximum atomic E-state index is 14.6. The maximum absolute atomic E-state index is 14.6. The molecule has 0 aliphatic carbocycles. The number of ether oxygens (including phenoxy) is 1. The van der Waals surface area contributed by atoms with Gasteiger partial charge in [0.15, 0.2) is 5.78 Å². The number of rotatable bonds is 9. The summed E-state index contributed by atoms with van der Waals surface area (Å²) in [5.41, 5.74) is 1.97. The second-order valence-electron chi connectivity index (χ2n) is 8.17. The van der Waals surface area contributed by atoms with E-state index in [0.717, 1.165) is 10.9 Å². The molecule has 37 heavy (non-hydrogen) atoms. The van der Waals surface area contributed by atoms with Crippen molar-refractivity contribution in [3.05, 3.63) is 133 Å². The summed E-state index contributed by atoms with van der Waals surface area (Å²) in [5, 5.41) is 3.51. The molecular formula is C29H24NO6P. The van der Waals surface area contributed by atoms with Gasteiger partial charge in [0.1, 0.15) is 23.7 Å². The van der Waals surface area contributed by atoms with Gasteiger partial charge < -0.3 is 23.5 Å². The van der Waals surface area contributed by atoms with E-state index in [1.165, 1.54) is 0 Å². The summed E-state index contributed by atoms with van der Waals surface area (Å²) in [5.74, 6) is -0.540. The molecule has 0 spiro atoms. The van der Waals surface area contributed by atoms with Gasteiger partial charge in [0.25, 0.3) is 0 Å². The lowest BCUT2D eigenvalue weighted by Gasteiger charge is -2.28. The van der Waals surface area contributed by atoms with Gasteiger partial charge in [-0.05, 0) is 53.6 Å². The van der Waals surface area contributed by atoms with Crippen LogP contribution < -0.4 is 14.4 Å². The van der Waals surface area contributed by atoms with Gasteiger partial charge in [-0.2, -0.15) is 0 Å². The fraction of sp³-hybridized carbons (Fsp3) is 0.0690. The Morgan fingerprint density at radius 3 is 2.00 bits per heavy atom. The fourth-order valence-corrected chi connectivity index (χ4v) is 5.63. The second kappa shape index (κ2) is 11.1. The molecular weight excluding hydrogens is 489 g/mol. The molecule has 0 saturated heterocycles. The van der Waals surface area contributed by atoms with Gasteiger partial charge in [-0.25, -0.2) is 9.36 Å². The van der Waals surface area contributed by atoms with Gasteiger partial charge in [-0.3, -0.25) is 0 Å². The lowest BCUT2D eigenvalue weighted by atomic mass is 10.1. The Morgan fingerprint density at radius 2 is 1.38 bits per heavy atom. The van der Waals surface area contributed by atoms with E-state index < -0.39 is 19.5 Å². The molecule has 5 rings (SSSR count). The molecule has 0 saturated carbocycles. The Bertz CT molecular complexity index is 1460. The van der Waals surface area contributed by atoms with Gasteiger partial charge in [-0.15, -0.1) is 0 Å². The molecule has 0 aliphatic heterocycles. The molecule has 0 bridgehead atoms. The molecule has 0 aliphatic rings. The van der Waals surface area contributed by atoms with Crippen LogP contribution in [0.4, 0.5) is 4.79 Å². The number of alkyl carbamates (subject to hydrolysis) is 1. The van der Waals surface area contributed by atoms with Crippen molar-refractivity contribution in [3.63, 3.8) is 0 Å². The first-order valence-corrected chi connectivity index (χ1v) is 13.2. The molecule has 1 aromatic heterocycles. The molecule has 4 aromatic carbocycles. The Balaban J connectivity index is 1.51. The Kier molecular flexibility index (Phi) is 7.24. The van der Waals surface area contributed by atoms with Crippen LogP contribution in [0.15, 0.2) is 126 Å². The normalized spacial score (nSPS) is 12.0. The van der Waals surface area contributed by atoms with Crippen molar-refractivity contribution in [1.82, 2.24) is 5.32 Å². The first-order valence-electron chi connectivity index (χ1n) is 11.6. The molecule has 1 heterocycles. The van der Waals surface area contributed by atoms with Crippen molar-refractivity contribution in [2.75, 3.05) is 0 Å². The Hall–Kier alpha value is -4.48. The van der Waals surface area contributed by atoms with Crippen LogP contribution >= 0.6 is 7.60 Å². The average molecular weight is 513 g/mol. The van der Waals surface area contributed by atoms with E-state index in [1.807, 2.05) is 42.5 Å². The third-order valence-corrected chi connectivity index (χ3v) is 7.52. The smallest absolute Gasteiger partial charge is 0.457 e.